The van der Waals surface area contributed by atoms with Crippen molar-refractivity contribution in [1.29, 1.82) is 0 Å². The molecule has 0 radical (unpaired) electrons. The van der Waals surface area contributed by atoms with Crippen LogP contribution in [0.3, 0.4) is 0 Å². The lowest BCUT2D eigenvalue weighted by Gasteiger charge is -2.23. The number of hydrogen-bond donors (Lipinski definition) is 0. The van der Waals surface area contributed by atoms with Crippen LogP contribution in [0.5, 0.6) is 0 Å². The smallest absolute Gasteiger partial charge is 0.345 e. The molecular weight excluding hydrogens is 248 g/mol. The monoisotopic (exact) mass is 258 g/mol. The number of aromatic nitrogens is 1. The van der Waals surface area contributed by atoms with Gasteiger partial charge in [0.1, 0.15) is 6.20 Å². The fraction of sp³-hybridized carbons (Fsp3) is 0.500. The maximum atomic E-state index is 10.4. The molecule has 16 heavy (non-hydrogen) atoms. The van der Waals surface area contributed by atoms with Crippen molar-refractivity contribution in [3.8, 4) is 0 Å². The largest absolute Gasteiger partial charge is 0.361 e. The lowest BCUT2D eigenvalue weighted by atomic mass is 10.5. The Hall–Kier alpha value is -1.15. The predicted octanol–water partition coefficient (Wildman–Crippen LogP) is 1.76. The van der Waals surface area contributed by atoms with E-state index >= 15 is 0 Å². The van der Waals surface area contributed by atoms with Crippen LogP contribution in [0.4, 0.5) is 10.1 Å². The molecule has 2 heterocycles. The van der Waals surface area contributed by atoms with Gasteiger partial charge in [-0.25, -0.2) is 9.98 Å². The van der Waals surface area contributed by atoms with Gasteiger partial charge in [0.2, 0.25) is 5.13 Å². The van der Waals surface area contributed by atoms with Crippen LogP contribution >= 0.6 is 23.1 Å². The molecule has 6 nitrogen and oxygen atoms in total. The zero-order valence-electron chi connectivity index (χ0n) is 8.40. The summed E-state index contributed by atoms with van der Waals surface area (Å²) in [7, 11) is 0. The van der Waals surface area contributed by atoms with Gasteiger partial charge in [0.25, 0.3) is 0 Å². The number of thiazole rings is 1. The molecule has 1 aromatic heterocycles. The van der Waals surface area contributed by atoms with Gasteiger partial charge in [-0.15, -0.1) is 0 Å². The Morgan fingerprint density at radius 1 is 1.56 bits per heavy atom. The molecule has 86 valence electrons. The third-order valence-electron chi connectivity index (χ3n) is 2.04. The summed E-state index contributed by atoms with van der Waals surface area (Å²) in [4.78, 5) is 20.1. The quantitative estimate of drug-likeness (QED) is 0.357. The highest BCUT2D eigenvalue weighted by molar-refractivity contribution is 7.99. The van der Waals surface area contributed by atoms with E-state index in [2.05, 4.69) is 14.9 Å². The standard InChI is InChI=1S/C8H10N4O2S2/c13-12(14)7-5-9-8(16-7)10-6-11-1-3-15-4-2-11/h5-6H,1-4H2. The molecule has 0 aliphatic carbocycles. The maximum Gasteiger partial charge on any atom is 0.345 e. The minimum Gasteiger partial charge on any atom is -0.361 e. The molecule has 0 spiro atoms. The van der Waals surface area contributed by atoms with E-state index in [1.165, 1.54) is 6.20 Å². The molecule has 1 aliphatic rings. The Kier molecular flexibility index (Phi) is 3.73. The summed E-state index contributed by atoms with van der Waals surface area (Å²) in [6.07, 6.45) is 2.96. The second-order valence-electron chi connectivity index (χ2n) is 3.13. The Morgan fingerprint density at radius 3 is 2.94 bits per heavy atom. The molecule has 1 fully saturated rings. The number of nitro groups is 1. The van der Waals surface area contributed by atoms with E-state index in [0.717, 1.165) is 35.9 Å². The highest BCUT2D eigenvalue weighted by Gasteiger charge is 2.11. The fourth-order valence-corrected chi connectivity index (χ4v) is 2.73. The van der Waals surface area contributed by atoms with Crippen LogP contribution in [0.1, 0.15) is 0 Å². The molecule has 2 rings (SSSR count). The first kappa shape index (κ1) is 11.3. The normalized spacial score (nSPS) is 16.9. The van der Waals surface area contributed by atoms with Gasteiger partial charge < -0.3 is 4.90 Å². The summed E-state index contributed by atoms with van der Waals surface area (Å²) >= 11 is 2.91. The van der Waals surface area contributed by atoms with Gasteiger partial charge in [-0.05, 0) is 11.3 Å². The first-order chi connectivity index (χ1) is 7.75. The van der Waals surface area contributed by atoms with Crippen molar-refractivity contribution in [1.82, 2.24) is 9.88 Å². The van der Waals surface area contributed by atoms with E-state index in [1.54, 1.807) is 6.34 Å². The zero-order chi connectivity index (χ0) is 11.4. The lowest BCUT2D eigenvalue weighted by molar-refractivity contribution is -0.380. The Labute approximate surface area is 101 Å². The van der Waals surface area contributed by atoms with Crippen LogP contribution in [-0.2, 0) is 0 Å². The number of aliphatic imine (C=N–C) groups is 1. The van der Waals surface area contributed by atoms with Gasteiger partial charge in [-0.2, -0.15) is 11.8 Å². The summed E-state index contributed by atoms with van der Waals surface area (Å²) in [6, 6.07) is 0. The minimum absolute atomic E-state index is 0.0290. The first-order valence-electron chi connectivity index (χ1n) is 4.72. The van der Waals surface area contributed by atoms with E-state index < -0.39 is 4.92 Å². The molecule has 0 unspecified atom stereocenters. The summed E-state index contributed by atoms with van der Waals surface area (Å²) in [5.41, 5.74) is 0. The Morgan fingerprint density at radius 2 is 2.31 bits per heavy atom. The zero-order valence-corrected chi connectivity index (χ0v) is 10.0. The van der Waals surface area contributed by atoms with Gasteiger partial charge in [0, 0.05) is 24.6 Å². The van der Waals surface area contributed by atoms with Crippen LogP contribution in [0, 0.1) is 10.1 Å². The first-order valence-corrected chi connectivity index (χ1v) is 6.69. The third kappa shape index (κ3) is 2.92. The second kappa shape index (κ2) is 5.26. The van der Waals surface area contributed by atoms with E-state index in [9.17, 15) is 10.1 Å². The maximum absolute atomic E-state index is 10.4. The minimum atomic E-state index is -0.450. The molecule has 0 atom stereocenters. The topological polar surface area (TPSA) is 71.6 Å². The van der Waals surface area contributed by atoms with Gasteiger partial charge >= 0.3 is 5.00 Å². The van der Waals surface area contributed by atoms with E-state index in [4.69, 9.17) is 0 Å². The van der Waals surface area contributed by atoms with Gasteiger partial charge in [0.05, 0.1) is 11.3 Å². The van der Waals surface area contributed by atoms with E-state index in [1.807, 2.05) is 11.8 Å². The van der Waals surface area contributed by atoms with Gasteiger partial charge in [-0.3, -0.25) is 10.1 Å². The highest BCUT2D eigenvalue weighted by Crippen LogP contribution is 2.26. The van der Waals surface area contributed by atoms with Crippen molar-refractivity contribution in [3.05, 3.63) is 16.3 Å². The lowest BCUT2D eigenvalue weighted by Crippen LogP contribution is -2.31. The number of thioether (sulfide) groups is 1. The summed E-state index contributed by atoms with van der Waals surface area (Å²) < 4.78 is 0. The van der Waals surface area contributed by atoms with E-state index in [-0.39, 0.29) is 5.00 Å². The number of hydrogen-bond acceptors (Lipinski definition) is 6. The van der Waals surface area contributed by atoms with Crippen molar-refractivity contribution in [3.63, 3.8) is 0 Å². The van der Waals surface area contributed by atoms with Crippen molar-refractivity contribution in [2.24, 2.45) is 4.99 Å². The predicted molar refractivity (Wildman–Crippen MR) is 65.8 cm³/mol. The SMILES string of the molecule is O=[N+]([O-])c1cnc(N=CN2CCSCC2)s1. The fourth-order valence-electron chi connectivity index (χ4n) is 1.22. The molecule has 0 N–H and O–H groups in total. The molecule has 1 saturated heterocycles. The van der Waals surface area contributed by atoms with E-state index in [0.29, 0.717) is 5.13 Å². The van der Waals surface area contributed by atoms with Crippen molar-refractivity contribution >= 4 is 39.6 Å². The third-order valence-corrected chi connectivity index (χ3v) is 3.84. The van der Waals surface area contributed by atoms with Crippen LogP contribution in [0.15, 0.2) is 11.2 Å². The number of nitrogens with zero attached hydrogens (tertiary/aromatic N) is 4. The highest BCUT2D eigenvalue weighted by atomic mass is 32.2. The molecule has 0 amide bonds. The van der Waals surface area contributed by atoms with Crippen molar-refractivity contribution in [2.45, 2.75) is 0 Å². The Bertz CT molecular complexity index is 400. The van der Waals surface area contributed by atoms with Gasteiger partial charge in [0.15, 0.2) is 0 Å². The van der Waals surface area contributed by atoms with Gasteiger partial charge in [-0.1, -0.05) is 0 Å². The molecule has 8 heteroatoms. The molecule has 1 aromatic rings. The van der Waals surface area contributed by atoms with Crippen LogP contribution < -0.4 is 0 Å². The summed E-state index contributed by atoms with van der Waals surface area (Å²) in [5.74, 6) is 2.20. The molecule has 0 bridgehead atoms. The van der Waals surface area contributed by atoms with Crippen LogP contribution in [0.2, 0.25) is 0 Å². The average molecular weight is 258 g/mol. The van der Waals surface area contributed by atoms with Crippen LogP contribution in [-0.4, -0.2) is 45.7 Å². The summed E-state index contributed by atoms with van der Waals surface area (Å²) in [6.45, 7) is 1.95. The molecule has 0 aromatic carbocycles. The molecule has 0 saturated carbocycles. The second-order valence-corrected chi connectivity index (χ2v) is 5.34. The van der Waals surface area contributed by atoms with Crippen molar-refractivity contribution < 1.29 is 4.92 Å². The Balaban J connectivity index is 1.96. The summed E-state index contributed by atoms with van der Waals surface area (Å²) in [5, 5.41) is 10.9. The number of rotatable bonds is 3. The van der Waals surface area contributed by atoms with Crippen molar-refractivity contribution in [2.75, 3.05) is 24.6 Å². The van der Waals surface area contributed by atoms with Crippen LogP contribution in [0.25, 0.3) is 0 Å². The molecular formula is C8H10N4O2S2. The molecule has 1 aliphatic heterocycles. The average Bonchev–Trinajstić information content (AvgIpc) is 2.76.